The van der Waals surface area contributed by atoms with Gasteiger partial charge in [-0.25, -0.2) is 0 Å². The number of Topliss-reactive ketones (excluding diaryl/α,β-unsaturated/α-hetero) is 2. The fraction of sp³-hybridized carbons (Fsp3) is 0.525. The molecule has 1 aromatic carbocycles. The number of ether oxygens (including phenoxy) is 4. The standard InChI is InChI=1S/C40H51N3O11/c1-17-11-10-12-18(2)39(50)43-31-30(42-24-13-14-24)29(41)26-27(35(31)48)34(47)22(6)37-28(26)38(49)40(8,54-37)52-16-15-25(51-9)19(3)36(53-23(7)44)21(5)33(46)20(4)32(17)45/h10-12,15-17,19-21,24-25,32-33,36,41-42,45-47H,13-14H2,1-9H3,(H,43,50)/b11-10+,16-15+,18-12-,41-29?. The quantitative estimate of drug-likeness (QED) is 0.242. The van der Waals surface area contributed by atoms with Crippen LogP contribution in [0.15, 0.2) is 47.5 Å². The number of fused-ring (bicyclic) bond motifs is 14. The number of aliphatic hydroxyl groups is 2. The highest BCUT2D eigenvalue weighted by molar-refractivity contribution is 6.33. The predicted octanol–water partition coefficient (Wildman–Crippen LogP) is 3.90. The first-order valence-corrected chi connectivity index (χ1v) is 18.2. The first-order valence-electron chi connectivity index (χ1n) is 18.2. The van der Waals surface area contributed by atoms with E-state index in [2.05, 4.69) is 10.6 Å². The summed E-state index contributed by atoms with van der Waals surface area (Å²) in [5.41, 5.74) is -0.855. The number of nitrogens with one attached hydrogen (secondary N) is 3. The highest BCUT2D eigenvalue weighted by atomic mass is 16.7. The lowest BCUT2D eigenvalue weighted by Gasteiger charge is -2.38. The number of amides is 1. The molecule has 9 atom stereocenters. The van der Waals surface area contributed by atoms with Gasteiger partial charge in [-0.3, -0.25) is 24.6 Å². The number of hydrogen-bond acceptors (Lipinski definition) is 13. The number of carbonyl (C=O) groups excluding carboxylic acids is 4. The minimum atomic E-state index is -2.00. The van der Waals surface area contributed by atoms with Crippen LogP contribution in [0.1, 0.15) is 93.2 Å². The van der Waals surface area contributed by atoms with Gasteiger partial charge in [-0.05, 0) is 32.8 Å². The molecule has 0 radical (unpaired) electrons. The number of aromatic hydroxyl groups is 1. The highest BCUT2D eigenvalue weighted by Crippen LogP contribution is 2.48. The van der Waals surface area contributed by atoms with Crippen LogP contribution in [-0.4, -0.2) is 87.8 Å². The second-order valence-electron chi connectivity index (χ2n) is 15.0. The minimum Gasteiger partial charge on any atom is -0.507 e. The summed E-state index contributed by atoms with van der Waals surface area (Å²) in [5, 5.41) is 49.2. The van der Waals surface area contributed by atoms with Gasteiger partial charge in [0.15, 0.2) is 0 Å². The average molecular weight is 750 g/mol. The zero-order valence-electron chi connectivity index (χ0n) is 32.1. The Kier molecular flexibility index (Phi) is 11.6. The predicted molar refractivity (Wildman–Crippen MR) is 197 cm³/mol. The van der Waals surface area contributed by atoms with Crippen molar-refractivity contribution >= 4 is 29.2 Å². The second kappa shape index (κ2) is 15.5. The van der Waals surface area contributed by atoms with Gasteiger partial charge in [0.1, 0.15) is 23.3 Å². The molecule has 0 aromatic heterocycles. The number of methoxy groups -OCH3 is 1. The molecule has 14 nitrogen and oxygen atoms in total. The zero-order valence-corrected chi connectivity index (χ0v) is 32.1. The van der Waals surface area contributed by atoms with Crippen molar-refractivity contribution in [2.75, 3.05) is 7.11 Å². The van der Waals surface area contributed by atoms with Crippen molar-refractivity contribution in [1.82, 2.24) is 10.6 Å². The van der Waals surface area contributed by atoms with Gasteiger partial charge in [0.05, 0.1) is 47.1 Å². The lowest BCUT2D eigenvalue weighted by molar-refractivity contribution is -0.160. The second-order valence-corrected chi connectivity index (χ2v) is 15.0. The summed E-state index contributed by atoms with van der Waals surface area (Å²) in [4.78, 5) is 54.3. The van der Waals surface area contributed by atoms with Gasteiger partial charge in [-0.15, -0.1) is 0 Å². The smallest absolute Gasteiger partial charge is 0.312 e. The van der Waals surface area contributed by atoms with Crippen molar-refractivity contribution in [3.05, 3.63) is 69.8 Å². The molecule has 6 N–H and O–H groups in total. The minimum absolute atomic E-state index is 0.00611. The first kappa shape index (κ1) is 40.4. The van der Waals surface area contributed by atoms with Crippen molar-refractivity contribution in [3.63, 3.8) is 0 Å². The van der Waals surface area contributed by atoms with Gasteiger partial charge in [0.2, 0.25) is 5.78 Å². The van der Waals surface area contributed by atoms with Crippen molar-refractivity contribution in [2.24, 2.45) is 23.7 Å². The molecule has 6 rings (SSSR count). The van der Waals surface area contributed by atoms with Crippen LogP contribution < -0.4 is 15.4 Å². The van der Waals surface area contributed by atoms with Crippen LogP contribution in [-0.2, 0) is 23.8 Å². The maximum atomic E-state index is 14.3. The fourth-order valence-electron chi connectivity index (χ4n) is 7.30. The van der Waals surface area contributed by atoms with Crippen molar-refractivity contribution in [3.8, 4) is 11.5 Å². The molecule has 3 aliphatic heterocycles. The van der Waals surface area contributed by atoms with Gasteiger partial charge in [0.25, 0.3) is 11.7 Å². The molecule has 9 unspecified atom stereocenters. The molecule has 0 spiro atoms. The van der Waals surface area contributed by atoms with Crippen LogP contribution in [0.25, 0.3) is 0 Å². The molecule has 14 heteroatoms. The third kappa shape index (κ3) is 7.46. The zero-order chi connectivity index (χ0) is 40.0. The normalized spacial score (nSPS) is 34.3. The number of ketones is 2. The van der Waals surface area contributed by atoms with Gasteiger partial charge < -0.3 is 44.9 Å². The summed E-state index contributed by atoms with van der Waals surface area (Å²) in [7, 11) is 1.44. The molecule has 1 fully saturated rings. The lowest BCUT2D eigenvalue weighted by atomic mass is 9.78. The Bertz CT molecular complexity index is 1880. The van der Waals surface area contributed by atoms with E-state index in [1.165, 1.54) is 53.2 Å². The number of phenolic OH excluding ortho intramolecular Hbond substituents is 1. The van der Waals surface area contributed by atoms with Gasteiger partial charge in [-0.2, -0.15) is 0 Å². The maximum absolute atomic E-state index is 14.3. The van der Waals surface area contributed by atoms with E-state index in [9.17, 15) is 39.9 Å². The summed E-state index contributed by atoms with van der Waals surface area (Å²) in [5.74, 6) is -7.71. The van der Waals surface area contributed by atoms with E-state index in [1.807, 2.05) is 0 Å². The van der Waals surface area contributed by atoms with Crippen LogP contribution in [0.3, 0.4) is 0 Å². The maximum Gasteiger partial charge on any atom is 0.312 e. The molecular formula is C40H51N3O11. The topological polar surface area (TPSA) is 214 Å². The van der Waals surface area contributed by atoms with E-state index >= 15 is 0 Å². The Morgan fingerprint density at radius 2 is 1.67 bits per heavy atom. The number of aliphatic hydroxyl groups excluding tert-OH is 2. The Morgan fingerprint density at radius 1 is 1.00 bits per heavy atom. The fourth-order valence-corrected chi connectivity index (χ4v) is 7.30. The molecule has 1 amide bonds. The summed E-state index contributed by atoms with van der Waals surface area (Å²) in [6.45, 7) is 12.6. The van der Waals surface area contributed by atoms with Crippen molar-refractivity contribution in [1.29, 1.82) is 5.41 Å². The number of rotatable bonds is 4. The summed E-state index contributed by atoms with van der Waals surface area (Å²) in [6.07, 6.45) is 5.20. The summed E-state index contributed by atoms with van der Waals surface area (Å²) < 4.78 is 23.5. The number of esters is 1. The van der Waals surface area contributed by atoms with E-state index in [0.29, 0.717) is 0 Å². The van der Waals surface area contributed by atoms with Crippen LogP contribution in [0.4, 0.5) is 0 Å². The van der Waals surface area contributed by atoms with Crippen LogP contribution in [0.5, 0.6) is 11.5 Å². The molecule has 292 valence electrons. The monoisotopic (exact) mass is 749 g/mol. The number of phenols is 1. The Labute approximate surface area is 314 Å². The SMILES string of the molecule is COC1/C=C/OC2(C)Oc3c(C)c(O)c4c(c3C2=O)C(=N)C(NC2CC2)=C(NC(=O)/C(C)=C\C=C\C(C)C(O)C(C)C(O)C(C)C(OC(C)=O)C1C)C4=O. The molecule has 1 saturated carbocycles. The third-order valence-electron chi connectivity index (χ3n) is 10.9. The van der Waals surface area contributed by atoms with Crippen molar-refractivity contribution < 1.29 is 53.4 Å². The molecule has 5 bridgehead atoms. The van der Waals surface area contributed by atoms with Gasteiger partial charge in [0, 0.05) is 67.4 Å². The molecular weight excluding hydrogens is 698 g/mol. The number of carbonyl (C=O) groups is 4. The molecule has 1 aromatic rings. The first-order chi connectivity index (χ1) is 25.3. The van der Waals surface area contributed by atoms with E-state index in [1.54, 1.807) is 39.8 Å². The number of allylic oxidation sites excluding steroid dienone is 4. The Hall–Kier alpha value is -4.79. The molecule has 54 heavy (non-hydrogen) atoms. The molecule has 5 aliphatic rings. The van der Waals surface area contributed by atoms with E-state index in [0.717, 1.165) is 12.8 Å². The summed E-state index contributed by atoms with van der Waals surface area (Å²) in [6, 6.07) is -0.0702. The van der Waals surface area contributed by atoms with Crippen LogP contribution in [0.2, 0.25) is 0 Å². The molecule has 3 heterocycles. The largest absolute Gasteiger partial charge is 0.507 e. The Morgan fingerprint density at radius 3 is 2.28 bits per heavy atom. The number of hydrogen-bond donors (Lipinski definition) is 6. The Balaban J connectivity index is 1.64. The van der Waals surface area contributed by atoms with E-state index in [4.69, 9.17) is 18.9 Å². The summed E-state index contributed by atoms with van der Waals surface area (Å²) >= 11 is 0. The molecule has 2 aliphatic carbocycles. The van der Waals surface area contributed by atoms with Gasteiger partial charge >= 0.3 is 11.8 Å². The van der Waals surface area contributed by atoms with E-state index < -0.39 is 83.1 Å². The molecule has 0 saturated heterocycles. The average Bonchev–Trinajstić information content (AvgIpc) is 3.92. The van der Waals surface area contributed by atoms with Crippen LogP contribution >= 0.6 is 0 Å². The van der Waals surface area contributed by atoms with Crippen LogP contribution in [0, 0.1) is 36.0 Å². The third-order valence-corrected chi connectivity index (χ3v) is 10.9. The van der Waals surface area contributed by atoms with E-state index in [-0.39, 0.29) is 56.7 Å². The lowest BCUT2D eigenvalue weighted by Crippen LogP contribution is -2.46. The highest BCUT2D eigenvalue weighted by Gasteiger charge is 2.52. The van der Waals surface area contributed by atoms with Gasteiger partial charge in [-0.1, -0.05) is 45.9 Å². The number of benzene rings is 1. The van der Waals surface area contributed by atoms with Crippen molar-refractivity contribution in [2.45, 2.75) is 104 Å².